The Bertz CT molecular complexity index is 888. The number of hydrogen-bond acceptors (Lipinski definition) is 4. The second kappa shape index (κ2) is 6.18. The number of thiophene rings is 1. The number of amides is 1. The molecule has 0 aliphatic rings. The highest BCUT2D eigenvalue weighted by Crippen LogP contribution is 2.28. The Morgan fingerprint density at radius 3 is 2.78 bits per heavy atom. The van der Waals surface area contributed by atoms with Gasteiger partial charge in [0, 0.05) is 27.5 Å². The SMILES string of the molecule is Cc1ccc(NC(=O)Cc2cccs2)c2ccnc(C(=O)O)c12. The van der Waals surface area contributed by atoms with Gasteiger partial charge in [0.15, 0.2) is 5.69 Å². The molecule has 116 valence electrons. The summed E-state index contributed by atoms with van der Waals surface area (Å²) in [5.41, 5.74) is 1.40. The lowest BCUT2D eigenvalue weighted by molar-refractivity contribution is -0.115. The molecule has 0 unspecified atom stereocenters. The fourth-order valence-corrected chi connectivity index (χ4v) is 3.21. The summed E-state index contributed by atoms with van der Waals surface area (Å²) < 4.78 is 0. The molecule has 1 aromatic carbocycles. The summed E-state index contributed by atoms with van der Waals surface area (Å²) >= 11 is 1.53. The molecule has 0 radical (unpaired) electrons. The molecule has 0 saturated carbocycles. The Kier molecular flexibility index (Phi) is 4.08. The van der Waals surface area contributed by atoms with Gasteiger partial charge in [0.25, 0.3) is 0 Å². The van der Waals surface area contributed by atoms with Gasteiger partial charge in [-0.25, -0.2) is 9.78 Å². The average molecular weight is 326 g/mol. The van der Waals surface area contributed by atoms with E-state index in [2.05, 4.69) is 10.3 Å². The number of hydrogen-bond donors (Lipinski definition) is 2. The van der Waals surface area contributed by atoms with Gasteiger partial charge in [0.05, 0.1) is 6.42 Å². The maximum absolute atomic E-state index is 12.2. The smallest absolute Gasteiger partial charge is 0.355 e. The summed E-state index contributed by atoms with van der Waals surface area (Å²) in [5.74, 6) is -1.22. The lowest BCUT2D eigenvalue weighted by Crippen LogP contribution is -2.14. The fraction of sp³-hybridized carbons (Fsp3) is 0.118. The number of rotatable bonds is 4. The number of pyridine rings is 1. The molecule has 23 heavy (non-hydrogen) atoms. The van der Waals surface area contributed by atoms with Crippen LogP contribution < -0.4 is 5.32 Å². The van der Waals surface area contributed by atoms with Gasteiger partial charge in [-0.3, -0.25) is 4.79 Å². The van der Waals surface area contributed by atoms with Crippen molar-refractivity contribution in [1.29, 1.82) is 0 Å². The van der Waals surface area contributed by atoms with Crippen LogP contribution in [0.5, 0.6) is 0 Å². The van der Waals surface area contributed by atoms with Crippen LogP contribution in [0.15, 0.2) is 41.9 Å². The van der Waals surface area contributed by atoms with Crippen LogP contribution in [0.1, 0.15) is 20.9 Å². The predicted octanol–water partition coefficient (Wildman–Crippen LogP) is 3.48. The summed E-state index contributed by atoms with van der Waals surface area (Å²) in [7, 11) is 0. The second-order valence-electron chi connectivity index (χ2n) is 5.12. The van der Waals surface area contributed by atoms with E-state index in [0.717, 1.165) is 10.4 Å². The second-order valence-corrected chi connectivity index (χ2v) is 6.15. The Labute approximate surface area is 136 Å². The van der Waals surface area contributed by atoms with E-state index in [9.17, 15) is 14.7 Å². The monoisotopic (exact) mass is 326 g/mol. The molecular formula is C17H14N2O3S. The summed E-state index contributed by atoms with van der Waals surface area (Å²) in [6.45, 7) is 1.83. The molecular weight excluding hydrogens is 312 g/mol. The highest BCUT2D eigenvalue weighted by atomic mass is 32.1. The number of fused-ring (bicyclic) bond motifs is 1. The molecule has 2 heterocycles. The number of aromatic nitrogens is 1. The van der Waals surface area contributed by atoms with Gasteiger partial charge in [-0.2, -0.15) is 0 Å². The van der Waals surface area contributed by atoms with E-state index in [-0.39, 0.29) is 11.6 Å². The molecule has 2 aromatic heterocycles. The van der Waals surface area contributed by atoms with Crippen LogP contribution in [0.4, 0.5) is 5.69 Å². The number of carboxylic acids is 1. The number of carbonyl (C=O) groups is 2. The van der Waals surface area contributed by atoms with Gasteiger partial charge >= 0.3 is 5.97 Å². The van der Waals surface area contributed by atoms with Gasteiger partial charge in [0.2, 0.25) is 5.91 Å². The number of benzene rings is 1. The summed E-state index contributed by atoms with van der Waals surface area (Å²) in [5, 5.41) is 15.3. The quantitative estimate of drug-likeness (QED) is 0.769. The molecule has 1 amide bonds. The van der Waals surface area contributed by atoms with E-state index in [1.54, 1.807) is 18.2 Å². The summed E-state index contributed by atoms with van der Waals surface area (Å²) in [6.07, 6.45) is 1.74. The topological polar surface area (TPSA) is 79.3 Å². The third kappa shape index (κ3) is 3.07. The van der Waals surface area contributed by atoms with Crippen LogP contribution in [-0.2, 0) is 11.2 Å². The first kappa shape index (κ1) is 15.2. The van der Waals surface area contributed by atoms with Crippen molar-refractivity contribution in [2.24, 2.45) is 0 Å². The van der Waals surface area contributed by atoms with Crippen LogP contribution in [0.2, 0.25) is 0 Å². The number of carboxylic acid groups (broad SMARTS) is 1. The van der Waals surface area contributed by atoms with Crippen molar-refractivity contribution >= 4 is 39.7 Å². The van der Waals surface area contributed by atoms with Gasteiger partial charge < -0.3 is 10.4 Å². The zero-order valence-corrected chi connectivity index (χ0v) is 13.2. The van der Waals surface area contributed by atoms with Gasteiger partial charge in [0.1, 0.15) is 0 Å². The van der Waals surface area contributed by atoms with Crippen molar-refractivity contribution in [3.8, 4) is 0 Å². The molecule has 0 aliphatic heterocycles. The number of aryl methyl sites for hydroxylation is 1. The van der Waals surface area contributed by atoms with Gasteiger partial charge in [-0.05, 0) is 36.1 Å². The minimum Gasteiger partial charge on any atom is -0.476 e. The Morgan fingerprint density at radius 1 is 1.26 bits per heavy atom. The lowest BCUT2D eigenvalue weighted by atomic mass is 10.0. The first-order valence-corrected chi connectivity index (χ1v) is 7.88. The normalized spacial score (nSPS) is 10.7. The van der Waals surface area contributed by atoms with Crippen molar-refractivity contribution in [3.05, 3.63) is 58.0 Å². The molecule has 2 N–H and O–H groups in total. The standard InChI is InChI=1S/C17H14N2O3S/c1-10-4-5-13(19-14(20)9-11-3-2-8-23-11)12-6-7-18-16(15(10)12)17(21)22/h2-8H,9H2,1H3,(H,19,20)(H,21,22). The molecule has 6 heteroatoms. The maximum Gasteiger partial charge on any atom is 0.355 e. The molecule has 0 saturated heterocycles. The van der Waals surface area contributed by atoms with Crippen LogP contribution in [0.3, 0.4) is 0 Å². The minimum atomic E-state index is -1.08. The van der Waals surface area contributed by atoms with E-state index in [1.807, 2.05) is 24.4 Å². The van der Waals surface area contributed by atoms with Gasteiger partial charge in [-0.15, -0.1) is 11.3 Å². The van der Waals surface area contributed by atoms with E-state index in [0.29, 0.717) is 22.9 Å². The fourth-order valence-electron chi connectivity index (χ4n) is 2.50. The molecule has 3 aromatic rings. The molecule has 0 fully saturated rings. The van der Waals surface area contributed by atoms with Crippen LogP contribution >= 0.6 is 11.3 Å². The third-order valence-electron chi connectivity index (χ3n) is 3.53. The largest absolute Gasteiger partial charge is 0.476 e. The van der Waals surface area contributed by atoms with Crippen molar-refractivity contribution in [2.45, 2.75) is 13.3 Å². The third-order valence-corrected chi connectivity index (χ3v) is 4.40. The van der Waals surface area contributed by atoms with E-state index in [1.165, 1.54) is 17.5 Å². The van der Waals surface area contributed by atoms with E-state index < -0.39 is 5.97 Å². The molecule has 3 rings (SSSR count). The van der Waals surface area contributed by atoms with Crippen molar-refractivity contribution in [1.82, 2.24) is 4.98 Å². The number of aromatic carboxylic acids is 1. The first-order valence-electron chi connectivity index (χ1n) is 7.00. The van der Waals surface area contributed by atoms with Crippen LogP contribution in [0, 0.1) is 6.92 Å². The van der Waals surface area contributed by atoms with Crippen LogP contribution in [0.25, 0.3) is 10.8 Å². The van der Waals surface area contributed by atoms with Crippen molar-refractivity contribution in [3.63, 3.8) is 0 Å². The summed E-state index contributed by atoms with van der Waals surface area (Å²) in [6, 6.07) is 9.10. The van der Waals surface area contributed by atoms with Crippen LogP contribution in [-0.4, -0.2) is 22.0 Å². The van der Waals surface area contributed by atoms with Crippen molar-refractivity contribution in [2.75, 3.05) is 5.32 Å². The number of carbonyl (C=O) groups excluding carboxylic acids is 1. The zero-order chi connectivity index (χ0) is 16.4. The van der Waals surface area contributed by atoms with Gasteiger partial charge in [-0.1, -0.05) is 12.1 Å². The molecule has 0 bridgehead atoms. The molecule has 0 aliphatic carbocycles. The first-order chi connectivity index (χ1) is 11.1. The molecule has 0 atom stereocenters. The van der Waals surface area contributed by atoms with E-state index in [4.69, 9.17) is 0 Å². The number of nitrogens with one attached hydrogen (secondary N) is 1. The van der Waals surface area contributed by atoms with E-state index >= 15 is 0 Å². The highest BCUT2D eigenvalue weighted by Gasteiger charge is 2.15. The zero-order valence-electron chi connectivity index (χ0n) is 12.4. The summed E-state index contributed by atoms with van der Waals surface area (Å²) in [4.78, 5) is 28.5. The highest BCUT2D eigenvalue weighted by molar-refractivity contribution is 7.10. The predicted molar refractivity (Wildman–Crippen MR) is 90.1 cm³/mol. The molecule has 5 nitrogen and oxygen atoms in total. The number of anilines is 1. The Hall–Kier alpha value is -2.73. The van der Waals surface area contributed by atoms with Crippen molar-refractivity contribution < 1.29 is 14.7 Å². The lowest BCUT2D eigenvalue weighted by Gasteiger charge is -2.11. The maximum atomic E-state index is 12.2. The molecule has 0 spiro atoms. The average Bonchev–Trinajstić information content (AvgIpc) is 3.02. The minimum absolute atomic E-state index is 0.00523. The Balaban J connectivity index is 1.98. The Morgan fingerprint density at radius 2 is 2.09 bits per heavy atom. The number of nitrogens with zero attached hydrogens (tertiary/aromatic N) is 1.